The topological polar surface area (TPSA) is 72.9 Å². The molecular weight excluding hydrogens is 531 g/mol. The van der Waals surface area contributed by atoms with Gasteiger partial charge in [-0.15, -0.1) is 0 Å². The summed E-state index contributed by atoms with van der Waals surface area (Å²) >= 11 is 0. The molecule has 0 amide bonds. The van der Waals surface area contributed by atoms with Crippen LogP contribution in [0.3, 0.4) is 0 Å². The van der Waals surface area contributed by atoms with E-state index in [0.29, 0.717) is 12.7 Å². The van der Waals surface area contributed by atoms with E-state index in [-0.39, 0.29) is 33.7 Å². The van der Waals surface area contributed by atoms with Gasteiger partial charge in [0.05, 0.1) is 23.6 Å². The summed E-state index contributed by atoms with van der Waals surface area (Å²) in [7, 11) is -7.91. The van der Waals surface area contributed by atoms with Gasteiger partial charge in [-0.2, -0.15) is 4.31 Å². The fourth-order valence-electron chi connectivity index (χ4n) is 3.67. The normalized spacial score (nSPS) is 15.9. The summed E-state index contributed by atoms with van der Waals surface area (Å²) in [5.74, 6) is 0. The third-order valence-corrected chi connectivity index (χ3v) is 19.3. The zero-order valence-electron chi connectivity index (χ0n) is 26.1. The summed E-state index contributed by atoms with van der Waals surface area (Å²) in [6, 6.07) is 6.34. The van der Waals surface area contributed by atoms with E-state index in [2.05, 4.69) is 67.7 Å². The summed E-state index contributed by atoms with van der Waals surface area (Å²) < 4.78 is 42.5. The second kappa shape index (κ2) is 13.0. The molecule has 1 aromatic rings. The van der Waals surface area contributed by atoms with Crippen LogP contribution >= 0.6 is 0 Å². The molecule has 1 rings (SSSR count). The molecule has 0 spiro atoms. The number of aldehydes is 1. The minimum atomic E-state index is -3.83. The summed E-state index contributed by atoms with van der Waals surface area (Å²) in [6.07, 6.45) is 4.11. The lowest BCUT2D eigenvalue weighted by atomic mass is 10.1. The number of allylic oxidation sites excluding steroid dienone is 1. The molecule has 0 heterocycles. The summed E-state index contributed by atoms with van der Waals surface area (Å²) in [5.41, 5.74) is 0.955. The number of carbonyl (C=O) groups is 1. The van der Waals surface area contributed by atoms with Crippen molar-refractivity contribution < 1.29 is 22.1 Å². The van der Waals surface area contributed by atoms with E-state index in [1.165, 1.54) is 6.08 Å². The van der Waals surface area contributed by atoms with E-state index in [4.69, 9.17) is 8.85 Å². The zero-order valence-corrected chi connectivity index (χ0v) is 28.9. The summed E-state index contributed by atoms with van der Waals surface area (Å²) in [4.78, 5) is 11.2. The first-order valence-corrected chi connectivity index (χ1v) is 20.9. The van der Waals surface area contributed by atoms with Gasteiger partial charge in [0.1, 0.15) is 6.29 Å². The van der Waals surface area contributed by atoms with Crippen molar-refractivity contribution in [1.82, 2.24) is 4.31 Å². The van der Waals surface area contributed by atoms with Crippen LogP contribution in [0.2, 0.25) is 36.3 Å². The second-order valence-electron chi connectivity index (χ2n) is 13.5. The van der Waals surface area contributed by atoms with Gasteiger partial charge in [0, 0.05) is 6.04 Å². The van der Waals surface area contributed by atoms with Crippen molar-refractivity contribution in [2.45, 2.75) is 128 Å². The number of nitrogens with zero attached hydrogens (tertiary/aromatic N) is 1. The Bertz CT molecular complexity index is 1040. The van der Waals surface area contributed by atoms with Crippen molar-refractivity contribution in [3.05, 3.63) is 42.0 Å². The lowest BCUT2D eigenvalue weighted by Gasteiger charge is -2.40. The van der Waals surface area contributed by atoms with Crippen LogP contribution in [0.4, 0.5) is 0 Å². The molecular formula is C29H53NO5SSi2. The molecule has 218 valence electrons. The molecule has 0 N–H and O–H groups in total. The van der Waals surface area contributed by atoms with Gasteiger partial charge in [-0.05, 0) is 87.2 Å². The first-order valence-electron chi connectivity index (χ1n) is 13.6. The first kappa shape index (κ1) is 34.9. The smallest absolute Gasteiger partial charge is 0.243 e. The minimum absolute atomic E-state index is 0.00324. The lowest BCUT2D eigenvalue weighted by molar-refractivity contribution is -0.104. The molecule has 0 aliphatic carbocycles. The van der Waals surface area contributed by atoms with Gasteiger partial charge in [0.25, 0.3) is 0 Å². The van der Waals surface area contributed by atoms with Crippen molar-refractivity contribution >= 4 is 32.9 Å². The monoisotopic (exact) mass is 583 g/mol. The van der Waals surface area contributed by atoms with Crippen LogP contribution in [-0.4, -0.2) is 54.3 Å². The Morgan fingerprint density at radius 2 is 1.39 bits per heavy atom. The Kier molecular flexibility index (Phi) is 12.0. The van der Waals surface area contributed by atoms with Gasteiger partial charge in [-0.1, -0.05) is 59.8 Å². The maximum absolute atomic E-state index is 14.0. The fraction of sp³-hybridized carbons (Fsp3) is 0.690. The van der Waals surface area contributed by atoms with Crippen LogP contribution in [-0.2, 0) is 23.7 Å². The maximum atomic E-state index is 14.0. The van der Waals surface area contributed by atoms with Gasteiger partial charge in [0.2, 0.25) is 10.0 Å². The molecule has 0 aromatic heterocycles. The van der Waals surface area contributed by atoms with Crippen molar-refractivity contribution in [3.8, 4) is 0 Å². The fourth-order valence-corrected chi connectivity index (χ4v) is 7.91. The van der Waals surface area contributed by atoms with Crippen molar-refractivity contribution in [1.29, 1.82) is 0 Å². The molecule has 0 radical (unpaired) electrons. The zero-order chi connectivity index (χ0) is 29.7. The third-order valence-electron chi connectivity index (χ3n) is 8.14. The van der Waals surface area contributed by atoms with E-state index < -0.39 is 32.7 Å². The highest BCUT2D eigenvalue weighted by Gasteiger charge is 2.41. The summed E-state index contributed by atoms with van der Waals surface area (Å²) in [6.45, 7) is 27.9. The van der Waals surface area contributed by atoms with Crippen LogP contribution in [0, 0.1) is 0 Å². The molecule has 0 saturated carbocycles. The Morgan fingerprint density at radius 3 is 1.82 bits per heavy atom. The predicted octanol–water partition coefficient (Wildman–Crippen LogP) is 7.70. The Hall–Kier alpha value is -1.11. The van der Waals surface area contributed by atoms with E-state index >= 15 is 0 Å². The Labute approximate surface area is 235 Å². The van der Waals surface area contributed by atoms with Gasteiger partial charge < -0.3 is 8.85 Å². The number of benzene rings is 1. The van der Waals surface area contributed by atoms with Crippen molar-refractivity contribution in [2.24, 2.45) is 0 Å². The van der Waals surface area contributed by atoms with Gasteiger partial charge in [-0.25, -0.2) is 8.42 Å². The standard InChI is InChI=1S/C29H53NO5SSi2/c1-23(2)30(26(16-14-15-21-31)22-34-37(10,11)28(4,5)6)36(32,33)27-19-17-25(18-20-27)24(3)35-38(12,13)29(7,8)9/h14-15,17-21,23-24,26H,16,22H2,1-13H3/b15-14+/t24-,26-/m0/s1. The molecule has 0 saturated heterocycles. The lowest BCUT2D eigenvalue weighted by Crippen LogP contribution is -2.50. The highest BCUT2D eigenvalue weighted by Crippen LogP contribution is 2.40. The van der Waals surface area contributed by atoms with Crippen LogP contribution in [0.15, 0.2) is 41.3 Å². The third kappa shape index (κ3) is 8.96. The van der Waals surface area contributed by atoms with E-state index in [1.54, 1.807) is 22.5 Å². The highest BCUT2D eigenvalue weighted by molar-refractivity contribution is 7.89. The van der Waals surface area contributed by atoms with Gasteiger partial charge in [-0.3, -0.25) is 4.79 Å². The van der Waals surface area contributed by atoms with Crippen LogP contribution in [0.25, 0.3) is 0 Å². The number of hydrogen-bond donors (Lipinski definition) is 0. The molecule has 0 aliphatic heterocycles. The number of sulfonamides is 1. The predicted molar refractivity (Wildman–Crippen MR) is 164 cm³/mol. The van der Waals surface area contributed by atoms with E-state index in [9.17, 15) is 13.2 Å². The van der Waals surface area contributed by atoms with Crippen molar-refractivity contribution in [3.63, 3.8) is 0 Å². The number of rotatable bonds is 13. The second-order valence-corrected chi connectivity index (χ2v) is 25.0. The maximum Gasteiger partial charge on any atom is 0.243 e. The minimum Gasteiger partial charge on any atom is -0.415 e. The van der Waals surface area contributed by atoms with E-state index in [0.717, 1.165) is 5.56 Å². The van der Waals surface area contributed by atoms with E-state index in [1.807, 2.05) is 32.9 Å². The van der Waals surface area contributed by atoms with Gasteiger partial charge >= 0.3 is 0 Å². The molecule has 1 aromatic carbocycles. The molecule has 9 heteroatoms. The highest BCUT2D eigenvalue weighted by atomic mass is 32.2. The van der Waals surface area contributed by atoms with Crippen LogP contribution in [0.5, 0.6) is 0 Å². The average Bonchev–Trinajstić information content (AvgIpc) is 2.75. The van der Waals surface area contributed by atoms with Crippen LogP contribution < -0.4 is 0 Å². The van der Waals surface area contributed by atoms with Crippen molar-refractivity contribution in [2.75, 3.05) is 6.61 Å². The number of hydrogen-bond acceptors (Lipinski definition) is 5. The molecule has 6 nitrogen and oxygen atoms in total. The Balaban J connectivity index is 3.34. The first-order chi connectivity index (χ1) is 17.1. The molecule has 38 heavy (non-hydrogen) atoms. The van der Waals surface area contributed by atoms with Crippen LogP contribution in [0.1, 0.15) is 80.4 Å². The molecule has 0 bridgehead atoms. The largest absolute Gasteiger partial charge is 0.415 e. The SMILES string of the molecule is CC(C)N([C@@H](C/C=C/C=O)CO[Si](C)(C)C(C)(C)C)S(=O)(=O)c1ccc([C@H](C)O[Si](C)(C)C(C)(C)C)cc1. The average molecular weight is 584 g/mol. The molecule has 0 aliphatic rings. The molecule has 0 fully saturated rings. The molecule has 2 atom stereocenters. The Morgan fingerprint density at radius 1 is 0.895 bits per heavy atom. The molecule has 0 unspecified atom stereocenters. The van der Waals surface area contributed by atoms with Gasteiger partial charge in [0.15, 0.2) is 16.6 Å². The quantitative estimate of drug-likeness (QED) is 0.135. The number of carbonyl (C=O) groups excluding carboxylic acids is 1. The summed E-state index contributed by atoms with van der Waals surface area (Å²) in [5, 5.41) is 0.0822.